The molecule has 5 heteroatoms. The second-order valence-electron chi connectivity index (χ2n) is 7.79. The van der Waals surface area contributed by atoms with E-state index in [9.17, 15) is 0 Å². The van der Waals surface area contributed by atoms with Crippen molar-refractivity contribution in [3.8, 4) is 0 Å². The zero-order chi connectivity index (χ0) is 18.0. The fourth-order valence-electron chi connectivity index (χ4n) is 3.79. The Hall–Kier alpha value is -1.26. The standard InChI is InChI=1S/C22H35N3O.ClH/c1-2-3-4-5-6-7-8-9-10-18-11-12-21-20(15-18)25-22(26-21)24-17-19-13-14-23-16-19;/h11-12,15,19,23H,2-10,13-14,16-17H2,1H3,(H,24,25);1H/t19-;/m1./s1. The van der Waals surface area contributed by atoms with Gasteiger partial charge in [-0.3, -0.25) is 0 Å². The number of benzene rings is 1. The minimum atomic E-state index is 0. The van der Waals surface area contributed by atoms with Crippen molar-refractivity contribution >= 4 is 29.5 Å². The molecule has 152 valence electrons. The van der Waals surface area contributed by atoms with E-state index in [1.807, 2.05) is 0 Å². The monoisotopic (exact) mass is 393 g/mol. The number of halogens is 1. The molecule has 4 nitrogen and oxygen atoms in total. The Kier molecular flexibility index (Phi) is 10.00. The van der Waals surface area contributed by atoms with Gasteiger partial charge in [0.2, 0.25) is 0 Å². The molecule has 27 heavy (non-hydrogen) atoms. The predicted octanol–water partition coefficient (Wildman–Crippen LogP) is 5.95. The molecule has 1 aromatic carbocycles. The van der Waals surface area contributed by atoms with Gasteiger partial charge in [0.1, 0.15) is 5.52 Å². The van der Waals surface area contributed by atoms with E-state index in [2.05, 4.69) is 40.7 Å². The van der Waals surface area contributed by atoms with Gasteiger partial charge in [-0.05, 0) is 56.0 Å². The second kappa shape index (κ2) is 12.2. The summed E-state index contributed by atoms with van der Waals surface area (Å²) < 4.78 is 5.83. The highest BCUT2D eigenvalue weighted by Gasteiger charge is 2.15. The normalized spacial score (nSPS) is 16.6. The molecule has 1 aliphatic rings. The van der Waals surface area contributed by atoms with Gasteiger partial charge < -0.3 is 15.1 Å². The summed E-state index contributed by atoms with van der Waals surface area (Å²) in [6.07, 6.45) is 13.3. The van der Waals surface area contributed by atoms with Crippen molar-refractivity contribution in [2.45, 2.75) is 71.1 Å². The first-order valence-electron chi connectivity index (χ1n) is 10.7. The molecule has 0 radical (unpaired) electrons. The van der Waals surface area contributed by atoms with E-state index in [0.29, 0.717) is 11.9 Å². The topological polar surface area (TPSA) is 50.1 Å². The molecule has 2 N–H and O–H groups in total. The second-order valence-corrected chi connectivity index (χ2v) is 7.79. The summed E-state index contributed by atoms with van der Waals surface area (Å²) in [5, 5.41) is 6.75. The lowest BCUT2D eigenvalue weighted by molar-refractivity contribution is 0.573. The highest BCUT2D eigenvalue weighted by molar-refractivity contribution is 5.85. The van der Waals surface area contributed by atoms with Crippen LogP contribution in [0, 0.1) is 5.92 Å². The van der Waals surface area contributed by atoms with Crippen LogP contribution in [0.25, 0.3) is 11.1 Å². The Bertz CT molecular complexity index is 652. The van der Waals surface area contributed by atoms with Gasteiger partial charge >= 0.3 is 0 Å². The summed E-state index contributed by atoms with van der Waals surface area (Å²) in [5.74, 6) is 0.683. The molecule has 0 spiro atoms. The van der Waals surface area contributed by atoms with Crippen molar-refractivity contribution in [1.29, 1.82) is 0 Å². The van der Waals surface area contributed by atoms with Crippen molar-refractivity contribution in [1.82, 2.24) is 10.3 Å². The summed E-state index contributed by atoms with van der Waals surface area (Å²) in [6.45, 7) is 5.43. The number of unbranched alkanes of at least 4 members (excludes halogenated alkanes) is 7. The molecule has 0 amide bonds. The van der Waals surface area contributed by atoms with Crippen LogP contribution in [0.5, 0.6) is 0 Å². The van der Waals surface area contributed by atoms with E-state index in [1.54, 1.807) is 0 Å². The molecule has 1 aliphatic heterocycles. The number of aryl methyl sites for hydroxylation is 1. The lowest BCUT2D eigenvalue weighted by atomic mass is 10.0. The van der Waals surface area contributed by atoms with Crippen LogP contribution in [0.15, 0.2) is 22.6 Å². The molecule has 3 rings (SSSR count). The minimum absolute atomic E-state index is 0. The average molecular weight is 394 g/mol. The Morgan fingerprint density at radius 1 is 1.11 bits per heavy atom. The first-order chi connectivity index (χ1) is 12.8. The van der Waals surface area contributed by atoms with Crippen molar-refractivity contribution < 1.29 is 4.42 Å². The van der Waals surface area contributed by atoms with E-state index in [4.69, 9.17) is 4.42 Å². The Balaban J connectivity index is 0.00000261. The molecular weight excluding hydrogens is 358 g/mol. The minimum Gasteiger partial charge on any atom is -0.424 e. The largest absolute Gasteiger partial charge is 0.424 e. The van der Waals surface area contributed by atoms with E-state index in [-0.39, 0.29) is 12.4 Å². The van der Waals surface area contributed by atoms with Gasteiger partial charge in [-0.15, -0.1) is 12.4 Å². The maximum absolute atomic E-state index is 5.83. The first kappa shape index (κ1) is 22.0. The van der Waals surface area contributed by atoms with Gasteiger partial charge in [-0.25, -0.2) is 0 Å². The number of fused-ring (bicyclic) bond motifs is 1. The van der Waals surface area contributed by atoms with Crippen LogP contribution in [0.4, 0.5) is 6.01 Å². The number of oxazole rings is 1. The molecule has 1 saturated heterocycles. The highest BCUT2D eigenvalue weighted by atomic mass is 35.5. The molecule has 2 aromatic rings. The van der Waals surface area contributed by atoms with Crippen molar-refractivity contribution in [2.75, 3.05) is 25.0 Å². The fraction of sp³-hybridized carbons (Fsp3) is 0.682. The van der Waals surface area contributed by atoms with Gasteiger partial charge in [0.25, 0.3) is 6.01 Å². The predicted molar refractivity (Wildman–Crippen MR) is 117 cm³/mol. The molecular formula is C22H36ClN3O. The molecule has 1 aromatic heterocycles. The van der Waals surface area contributed by atoms with Gasteiger partial charge in [0.15, 0.2) is 5.58 Å². The zero-order valence-corrected chi connectivity index (χ0v) is 17.6. The van der Waals surface area contributed by atoms with Crippen molar-refractivity contribution in [3.05, 3.63) is 23.8 Å². The molecule has 0 aliphatic carbocycles. The van der Waals surface area contributed by atoms with Crippen molar-refractivity contribution in [2.24, 2.45) is 5.92 Å². The maximum atomic E-state index is 5.83. The quantitative estimate of drug-likeness (QED) is 0.437. The van der Waals surface area contributed by atoms with Crippen LogP contribution in [-0.4, -0.2) is 24.6 Å². The van der Waals surface area contributed by atoms with Crippen LogP contribution in [0.3, 0.4) is 0 Å². The summed E-state index contributed by atoms with van der Waals surface area (Å²) in [6, 6.07) is 7.13. The van der Waals surface area contributed by atoms with E-state index < -0.39 is 0 Å². The molecule has 0 bridgehead atoms. The summed E-state index contributed by atoms with van der Waals surface area (Å²) in [7, 11) is 0. The number of rotatable bonds is 12. The average Bonchev–Trinajstić information content (AvgIpc) is 3.30. The molecule has 0 unspecified atom stereocenters. The molecule has 1 atom stereocenters. The number of nitrogens with zero attached hydrogens (tertiary/aromatic N) is 1. The third kappa shape index (κ3) is 7.34. The van der Waals surface area contributed by atoms with Gasteiger partial charge in [0.05, 0.1) is 0 Å². The lowest BCUT2D eigenvalue weighted by Gasteiger charge is -2.07. The number of anilines is 1. The van der Waals surface area contributed by atoms with Crippen LogP contribution in [-0.2, 0) is 6.42 Å². The number of hydrogen-bond acceptors (Lipinski definition) is 4. The Labute approximate surface area is 170 Å². The molecule has 0 saturated carbocycles. The summed E-state index contributed by atoms with van der Waals surface area (Å²) >= 11 is 0. The molecule has 1 fully saturated rings. The third-order valence-electron chi connectivity index (χ3n) is 5.48. The Morgan fingerprint density at radius 3 is 2.63 bits per heavy atom. The molecule has 2 heterocycles. The Morgan fingerprint density at radius 2 is 1.89 bits per heavy atom. The van der Waals surface area contributed by atoms with Gasteiger partial charge in [-0.1, -0.05) is 57.9 Å². The van der Waals surface area contributed by atoms with Crippen LogP contribution < -0.4 is 10.6 Å². The van der Waals surface area contributed by atoms with Crippen LogP contribution >= 0.6 is 12.4 Å². The SMILES string of the molecule is CCCCCCCCCCc1ccc2oc(NC[C@@H]3CCNC3)nc2c1.Cl. The van der Waals surface area contributed by atoms with E-state index in [1.165, 1.54) is 63.4 Å². The summed E-state index contributed by atoms with van der Waals surface area (Å²) in [5.41, 5.74) is 3.24. The lowest BCUT2D eigenvalue weighted by Crippen LogP contribution is -2.17. The zero-order valence-electron chi connectivity index (χ0n) is 16.8. The van der Waals surface area contributed by atoms with Crippen molar-refractivity contribution in [3.63, 3.8) is 0 Å². The van der Waals surface area contributed by atoms with E-state index in [0.717, 1.165) is 37.2 Å². The van der Waals surface area contributed by atoms with Gasteiger partial charge in [-0.2, -0.15) is 4.98 Å². The number of nitrogens with one attached hydrogen (secondary N) is 2. The van der Waals surface area contributed by atoms with Crippen LogP contribution in [0.1, 0.15) is 70.3 Å². The third-order valence-corrected chi connectivity index (χ3v) is 5.48. The maximum Gasteiger partial charge on any atom is 0.295 e. The van der Waals surface area contributed by atoms with Gasteiger partial charge in [0, 0.05) is 6.54 Å². The number of aromatic nitrogens is 1. The summed E-state index contributed by atoms with van der Waals surface area (Å²) in [4.78, 5) is 4.62. The first-order valence-corrected chi connectivity index (χ1v) is 10.7. The smallest absolute Gasteiger partial charge is 0.295 e. The van der Waals surface area contributed by atoms with Crippen LogP contribution in [0.2, 0.25) is 0 Å². The fourth-order valence-corrected chi connectivity index (χ4v) is 3.79. The van der Waals surface area contributed by atoms with E-state index >= 15 is 0 Å². The number of hydrogen-bond donors (Lipinski definition) is 2. The highest BCUT2D eigenvalue weighted by Crippen LogP contribution is 2.22.